The molecular weight excluding hydrogens is 172 g/mol. The van der Waals surface area contributed by atoms with Crippen LogP contribution in [0.25, 0.3) is 0 Å². The van der Waals surface area contributed by atoms with Crippen LogP contribution in [0.4, 0.5) is 0 Å². The van der Waals surface area contributed by atoms with Crippen LogP contribution in [-0.4, -0.2) is 23.1 Å². The Kier molecular flexibility index (Phi) is 9.60. The number of carbonyl (C=O) groups excluding carboxylic acids is 1. The molecule has 1 atom stereocenters. The van der Waals surface area contributed by atoms with E-state index in [0.717, 1.165) is 12.5 Å². The number of ether oxygens (including phenoxy) is 1. The lowest BCUT2D eigenvalue weighted by Crippen LogP contribution is -2.09. The second-order valence-electron chi connectivity index (χ2n) is 2.37. The first kappa shape index (κ1) is 14.2. The van der Waals surface area contributed by atoms with E-state index < -0.39 is 5.97 Å². The van der Waals surface area contributed by atoms with Crippen LogP contribution in [0.2, 0.25) is 0 Å². The summed E-state index contributed by atoms with van der Waals surface area (Å²) < 4.78 is 4.76. The Bertz CT molecular complexity index is 174. The van der Waals surface area contributed by atoms with Crippen LogP contribution in [0.5, 0.6) is 0 Å². The molecule has 0 aliphatic heterocycles. The third-order valence-electron chi connectivity index (χ3n) is 1.12. The second kappa shape index (κ2) is 8.77. The van der Waals surface area contributed by atoms with Gasteiger partial charge in [0, 0.05) is 13.0 Å². The molecule has 0 heterocycles. The monoisotopic (exact) mass is 188 g/mol. The molecule has 1 unspecified atom stereocenters. The minimum atomic E-state index is -0.981. The molecule has 0 spiro atoms. The van der Waals surface area contributed by atoms with Gasteiger partial charge in [-0.25, -0.2) is 4.79 Å². The second-order valence-corrected chi connectivity index (χ2v) is 2.37. The Labute approximate surface area is 78.2 Å². The van der Waals surface area contributed by atoms with Crippen LogP contribution in [0.3, 0.4) is 0 Å². The van der Waals surface area contributed by atoms with Crippen LogP contribution < -0.4 is 0 Å². The van der Waals surface area contributed by atoms with Crippen LogP contribution in [0.15, 0.2) is 12.7 Å². The molecule has 0 saturated heterocycles. The van der Waals surface area contributed by atoms with E-state index in [9.17, 15) is 9.59 Å². The van der Waals surface area contributed by atoms with E-state index in [2.05, 4.69) is 6.58 Å². The van der Waals surface area contributed by atoms with Crippen LogP contribution >= 0.6 is 0 Å². The molecule has 0 radical (unpaired) electrons. The van der Waals surface area contributed by atoms with Crippen molar-refractivity contribution in [2.75, 3.05) is 0 Å². The van der Waals surface area contributed by atoms with Gasteiger partial charge in [0.25, 0.3) is 0 Å². The fourth-order valence-corrected chi connectivity index (χ4v) is 0.367. The first-order valence-electron chi connectivity index (χ1n) is 3.96. The van der Waals surface area contributed by atoms with Crippen LogP contribution in [0.1, 0.15) is 27.2 Å². The molecule has 0 aliphatic rings. The first-order valence-corrected chi connectivity index (χ1v) is 3.96. The number of hydrogen-bond acceptors (Lipinski definition) is 3. The van der Waals surface area contributed by atoms with Gasteiger partial charge in [-0.3, -0.25) is 4.79 Å². The summed E-state index contributed by atoms with van der Waals surface area (Å²) in [6, 6.07) is 0. The highest BCUT2D eigenvalue weighted by Crippen LogP contribution is 1.94. The molecule has 0 aliphatic carbocycles. The molecule has 13 heavy (non-hydrogen) atoms. The Hall–Kier alpha value is -1.32. The minimum Gasteiger partial charge on any atom is -0.478 e. The average molecular weight is 188 g/mol. The van der Waals surface area contributed by atoms with Gasteiger partial charge in [0.15, 0.2) is 0 Å². The summed E-state index contributed by atoms with van der Waals surface area (Å²) in [6.45, 7) is 8.24. The summed E-state index contributed by atoms with van der Waals surface area (Å²) in [4.78, 5) is 19.4. The van der Waals surface area contributed by atoms with Crippen LogP contribution in [0, 0.1) is 0 Å². The van der Waals surface area contributed by atoms with Crippen LogP contribution in [-0.2, 0) is 14.3 Å². The highest BCUT2D eigenvalue weighted by molar-refractivity contribution is 5.78. The number of esters is 1. The third kappa shape index (κ3) is 18.0. The molecule has 0 fully saturated rings. The van der Waals surface area contributed by atoms with Gasteiger partial charge in [-0.1, -0.05) is 13.5 Å². The third-order valence-corrected chi connectivity index (χ3v) is 1.12. The van der Waals surface area contributed by atoms with E-state index in [-0.39, 0.29) is 12.1 Å². The number of aliphatic carboxylic acids is 1. The fraction of sp³-hybridized carbons (Fsp3) is 0.556. The van der Waals surface area contributed by atoms with E-state index in [1.807, 2.05) is 13.8 Å². The molecule has 0 bridgehead atoms. The quantitative estimate of drug-likeness (QED) is 0.539. The number of carboxylic acids is 1. The molecule has 1 N–H and O–H groups in total. The molecule has 4 heteroatoms. The number of carboxylic acid groups (broad SMARTS) is 1. The van der Waals surface area contributed by atoms with Gasteiger partial charge in [0.2, 0.25) is 0 Å². The van der Waals surface area contributed by atoms with Crippen molar-refractivity contribution in [2.24, 2.45) is 0 Å². The maximum absolute atomic E-state index is 10.2. The van der Waals surface area contributed by atoms with E-state index in [1.165, 1.54) is 6.92 Å². The summed E-state index contributed by atoms with van der Waals surface area (Å²) in [7, 11) is 0. The van der Waals surface area contributed by atoms with Gasteiger partial charge in [-0.15, -0.1) is 0 Å². The molecule has 0 aromatic heterocycles. The van der Waals surface area contributed by atoms with Gasteiger partial charge in [-0.2, -0.15) is 0 Å². The van der Waals surface area contributed by atoms with Crippen molar-refractivity contribution in [2.45, 2.75) is 33.3 Å². The SMILES string of the molecule is C=CC(=O)O.CCC(C)OC(C)=O. The molecule has 0 aromatic carbocycles. The molecule has 0 saturated carbocycles. The lowest BCUT2D eigenvalue weighted by molar-refractivity contribution is -0.145. The van der Waals surface area contributed by atoms with Crippen molar-refractivity contribution >= 4 is 11.9 Å². The van der Waals surface area contributed by atoms with Gasteiger partial charge in [0.05, 0.1) is 6.10 Å². The van der Waals surface area contributed by atoms with Crippen molar-refractivity contribution in [1.29, 1.82) is 0 Å². The summed E-state index contributed by atoms with van der Waals surface area (Å²) >= 11 is 0. The van der Waals surface area contributed by atoms with E-state index in [4.69, 9.17) is 9.84 Å². The Morgan fingerprint density at radius 1 is 1.62 bits per heavy atom. The zero-order valence-corrected chi connectivity index (χ0v) is 8.24. The normalized spacial score (nSPS) is 10.4. The number of carbonyl (C=O) groups is 2. The topological polar surface area (TPSA) is 63.6 Å². The number of hydrogen-bond donors (Lipinski definition) is 1. The van der Waals surface area contributed by atoms with Gasteiger partial charge in [0.1, 0.15) is 0 Å². The molecule has 0 rings (SSSR count). The first-order chi connectivity index (χ1) is 5.93. The van der Waals surface area contributed by atoms with Crippen molar-refractivity contribution in [3.8, 4) is 0 Å². The van der Waals surface area contributed by atoms with Gasteiger partial charge >= 0.3 is 11.9 Å². The zero-order valence-electron chi connectivity index (χ0n) is 8.24. The summed E-state index contributed by atoms with van der Waals surface area (Å²) in [5.74, 6) is -1.18. The van der Waals surface area contributed by atoms with Gasteiger partial charge < -0.3 is 9.84 Å². The Morgan fingerprint density at radius 3 is 2.08 bits per heavy atom. The van der Waals surface area contributed by atoms with Crippen molar-refractivity contribution in [1.82, 2.24) is 0 Å². The largest absolute Gasteiger partial charge is 0.478 e. The molecular formula is C9H16O4. The summed E-state index contributed by atoms with van der Waals surface area (Å²) in [5.41, 5.74) is 0. The fourth-order valence-electron chi connectivity index (χ4n) is 0.367. The molecule has 76 valence electrons. The highest BCUT2D eigenvalue weighted by Gasteiger charge is 1.99. The standard InChI is InChI=1S/C6H12O2.C3H4O2/c1-4-5(2)8-6(3)7;1-2-3(4)5/h5H,4H2,1-3H3;2H,1H2,(H,4,5). The molecule has 0 aromatic rings. The van der Waals surface area contributed by atoms with E-state index in [0.29, 0.717) is 0 Å². The summed E-state index contributed by atoms with van der Waals surface area (Å²) in [5, 5.41) is 7.60. The predicted octanol–water partition coefficient (Wildman–Crippen LogP) is 1.60. The summed E-state index contributed by atoms with van der Waals surface area (Å²) in [6.07, 6.45) is 1.80. The predicted molar refractivity (Wildman–Crippen MR) is 49.4 cm³/mol. The van der Waals surface area contributed by atoms with Gasteiger partial charge in [-0.05, 0) is 13.3 Å². The van der Waals surface area contributed by atoms with Crippen molar-refractivity contribution in [3.05, 3.63) is 12.7 Å². The van der Waals surface area contributed by atoms with Crippen molar-refractivity contribution < 1.29 is 19.4 Å². The lowest BCUT2D eigenvalue weighted by atomic mass is 10.3. The Morgan fingerprint density at radius 2 is 2.00 bits per heavy atom. The Balaban J connectivity index is 0. The van der Waals surface area contributed by atoms with E-state index >= 15 is 0 Å². The molecule has 4 nitrogen and oxygen atoms in total. The maximum atomic E-state index is 10.2. The number of rotatable bonds is 3. The zero-order chi connectivity index (χ0) is 10.9. The van der Waals surface area contributed by atoms with E-state index in [1.54, 1.807) is 0 Å². The van der Waals surface area contributed by atoms with Crippen molar-refractivity contribution in [3.63, 3.8) is 0 Å². The minimum absolute atomic E-state index is 0.0764. The maximum Gasteiger partial charge on any atom is 0.327 e. The lowest BCUT2D eigenvalue weighted by Gasteiger charge is -2.06. The molecule has 0 amide bonds. The highest BCUT2D eigenvalue weighted by atomic mass is 16.5. The smallest absolute Gasteiger partial charge is 0.327 e. The average Bonchev–Trinajstić information content (AvgIpc) is 2.04.